The Kier molecular flexibility index (Phi) is 2.79. The van der Waals surface area contributed by atoms with Crippen LogP contribution in [0, 0.1) is 0 Å². The second-order valence-electron chi connectivity index (χ2n) is 4.99. The van der Waals surface area contributed by atoms with Crippen LogP contribution in [0.1, 0.15) is 39.3 Å². The number of ether oxygens (including phenoxy) is 1. The van der Waals surface area contributed by atoms with E-state index in [-0.39, 0.29) is 28.0 Å². The molecular weight excluding hydrogens is 280 g/mol. The predicted molar refractivity (Wildman–Crippen MR) is 68.7 cm³/mol. The highest BCUT2D eigenvalue weighted by Crippen LogP contribution is 2.52. The minimum atomic E-state index is -1.41. The summed E-state index contributed by atoms with van der Waals surface area (Å²) in [6, 6.07) is 0. The maximum Gasteiger partial charge on any atom is 0.193 e. The van der Waals surface area contributed by atoms with Crippen molar-refractivity contribution in [3.8, 4) is 17.2 Å². The molecule has 0 amide bonds. The summed E-state index contributed by atoms with van der Waals surface area (Å²) in [5.74, 6) is -2.75. The van der Waals surface area contributed by atoms with Gasteiger partial charge in [0.25, 0.3) is 0 Å². The zero-order valence-electron chi connectivity index (χ0n) is 11.0. The first-order chi connectivity index (χ1) is 9.88. The zero-order valence-corrected chi connectivity index (χ0v) is 11.0. The number of ketones is 2. The summed E-state index contributed by atoms with van der Waals surface area (Å²) < 4.78 is 5.17. The standard InChI is InChI=1S/C14H12O7/c1-4-2-5(16)7-8(10(4)17)13(20)14-9(12(7)19)11(18)6(3-15)21-14/h2,6,11,15,18-20H,3H2,1H3/t6-,11?/m1/s1. The van der Waals surface area contributed by atoms with E-state index in [0.29, 0.717) is 0 Å². The minimum absolute atomic E-state index is 0.124. The summed E-state index contributed by atoms with van der Waals surface area (Å²) in [5, 5.41) is 39.5. The van der Waals surface area contributed by atoms with Crippen LogP contribution in [-0.4, -0.2) is 44.7 Å². The molecule has 0 fully saturated rings. The van der Waals surface area contributed by atoms with Gasteiger partial charge in [-0.25, -0.2) is 0 Å². The molecule has 0 aromatic heterocycles. The van der Waals surface area contributed by atoms with Crippen LogP contribution < -0.4 is 4.74 Å². The largest absolute Gasteiger partial charge is 0.507 e. The molecule has 1 aliphatic heterocycles. The van der Waals surface area contributed by atoms with Crippen molar-refractivity contribution in [3.63, 3.8) is 0 Å². The number of hydrogen-bond acceptors (Lipinski definition) is 7. The highest BCUT2D eigenvalue weighted by molar-refractivity contribution is 6.27. The van der Waals surface area contributed by atoms with Gasteiger partial charge in [-0.2, -0.15) is 0 Å². The topological polar surface area (TPSA) is 124 Å². The Morgan fingerprint density at radius 2 is 1.86 bits per heavy atom. The molecule has 0 saturated heterocycles. The summed E-state index contributed by atoms with van der Waals surface area (Å²) in [7, 11) is 0. The van der Waals surface area contributed by atoms with Gasteiger partial charge in [0.1, 0.15) is 11.9 Å². The number of fused-ring (bicyclic) bond motifs is 2. The highest BCUT2D eigenvalue weighted by Gasteiger charge is 2.43. The number of phenols is 2. The van der Waals surface area contributed by atoms with Gasteiger partial charge < -0.3 is 25.2 Å². The van der Waals surface area contributed by atoms with Crippen molar-refractivity contribution >= 4 is 11.6 Å². The normalized spacial score (nSPS) is 23.5. The summed E-state index contributed by atoms with van der Waals surface area (Å²) in [5.41, 5.74) is -0.774. The Morgan fingerprint density at radius 1 is 1.19 bits per heavy atom. The maximum absolute atomic E-state index is 12.1. The van der Waals surface area contributed by atoms with Crippen LogP contribution in [0.2, 0.25) is 0 Å². The smallest absolute Gasteiger partial charge is 0.193 e. The monoisotopic (exact) mass is 292 g/mol. The third-order valence-electron chi connectivity index (χ3n) is 3.71. The van der Waals surface area contributed by atoms with Crippen molar-refractivity contribution in [1.29, 1.82) is 0 Å². The number of phenolic OH excluding ortho intramolecular Hbond substituents is 2. The Hall–Kier alpha value is -2.38. The predicted octanol–water partition coefficient (Wildman–Crippen LogP) is 0.210. The van der Waals surface area contributed by atoms with Crippen LogP contribution >= 0.6 is 0 Å². The number of Topliss-reactive ketones (excluding diaryl/α,β-unsaturated/α-hetero) is 1. The van der Waals surface area contributed by atoms with E-state index in [1.807, 2.05) is 0 Å². The Bertz CT molecular complexity index is 717. The molecule has 2 aliphatic rings. The average molecular weight is 292 g/mol. The Morgan fingerprint density at radius 3 is 2.48 bits per heavy atom. The molecule has 0 bridgehead atoms. The molecule has 1 heterocycles. The first-order valence-corrected chi connectivity index (χ1v) is 6.23. The number of aliphatic hydroxyl groups excluding tert-OH is 2. The number of carbonyl (C=O) groups excluding carboxylic acids is 2. The third kappa shape index (κ3) is 1.61. The lowest BCUT2D eigenvalue weighted by molar-refractivity contribution is 0.0266. The van der Waals surface area contributed by atoms with E-state index in [1.54, 1.807) is 0 Å². The van der Waals surface area contributed by atoms with E-state index in [1.165, 1.54) is 6.92 Å². The molecule has 3 rings (SSSR count). The van der Waals surface area contributed by atoms with Crippen molar-refractivity contribution in [3.05, 3.63) is 28.3 Å². The molecule has 110 valence electrons. The van der Waals surface area contributed by atoms with Crippen LogP contribution in [0.3, 0.4) is 0 Å². The SMILES string of the molecule is CC1=CC(=O)c2c(O)c3c(c(O)c2C1=O)O[C@H](CO)C3O. The van der Waals surface area contributed by atoms with Crippen molar-refractivity contribution < 1.29 is 34.8 Å². The molecule has 1 aromatic carbocycles. The fourth-order valence-corrected chi connectivity index (χ4v) is 2.65. The average Bonchev–Trinajstić information content (AvgIpc) is 2.77. The first kappa shape index (κ1) is 13.6. The molecule has 1 aromatic rings. The number of carbonyl (C=O) groups is 2. The molecular formula is C14H12O7. The van der Waals surface area contributed by atoms with E-state index in [0.717, 1.165) is 6.08 Å². The van der Waals surface area contributed by atoms with Gasteiger partial charge >= 0.3 is 0 Å². The van der Waals surface area contributed by atoms with Gasteiger partial charge in [0.05, 0.1) is 23.3 Å². The van der Waals surface area contributed by atoms with Crippen LogP contribution in [0.4, 0.5) is 0 Å². The van der Waals surface area contributed by atoms with Crippen molar-refractivity contribution in [1.82, 2.24) is 0 Å². The quantitative estimate of drug-likeness (QED) is 0.545. The lowest BCUT2D eigenvalue weighted by Gasteiger charge is -2.18. The van der Waals surface area contributed by atoms with E-state index < -0.39 is 41.9 Å². The number of hydrogen-bond donors (Lipinski definition) is 4. The Labute approximate surface area is 118 Å². The molecule has 4 N–H and O–H groups in total. The lowest BCUT2D eigenvalue weighted by Crippen LogP contribution is -2.22. The van der Waals surface area contributed by atoms with Gasteiger partial charge in [0, 0.05) is 5.57 Å². The van der Waals surface area contributed by atoms with Crippen LogP contribution in [-0.2, 0) is 0 Å². The molecule has 21 heavy (non-hydrogen) atoms. The summed E-state index contributed by atoms with van der Waals surface area (Å²) in [4.78, 5) is 24.1. The van der Waals surface area contributed by atoms with Gasteiger partial charge in [-0.1, -0.05) is 0 Å². The molecule has 2 atom stereocenters. The number of rotatable bonds is 1. The van der Waals surface area contributed by atoms with E-state index >= 15 is 0 Å². The second kappa shape index (κ2) is 4.31. The summed E-state index contributed by atoms with van der Waals surface area (Å²) >= 11 is 0. The van der Waals surface area contributed by atoms with Gasteiger partial charge in [0.2, 0.25) is 0 Å². The number of allylic oxidation sites excluding steroid dienone is 2. The number of aromatic hydroxyl groups is 2. The van der Waals surface area contributed by atoms with E-state index in [2.05, 4.69) is 0 Å². The number of aliphatic hydroxyl groups is 2. The fourth-order valence-electron chi connectivity index (χ4n) is 2.65. The van der Waals surface area contributed by atoms with Gasteiger partial charge in [-0.15, -0.1) is 0 Å². The molecule has 7 heteroatoms. The zero-order chi connectivity index (χ0) is 15.5. The molecule has 1 aliphatic carbocycles. The fraction of sp³-hybridized carbons (Fsp3) is 0.286. The second-order valence-corrected chi connectivity index (χ2v) is 4.99. The Balaban J connectivity index is 2.34. The first-order valence-electron chi connectivity index (χ1n) is 6.23. The number of benzene rings is 1. The van der Waals surface area contributed by atoms with Gasteiger partial charge in [-0.3, -0.25) is 9.59 Å². The minimum Gasteiger partial charge on any atom is -0.507 e. The van der Waals surface area contributed by atoms with Crippen molar-refractivity contribution in [2.24, 2.45) is 0 Å². The summed E-state index contributed by atoms with van der Waals surface area (Å²) in [6.45, 7) is 0.859. The third-order valence-corrected chi connectivity index (χ3v) is 3.71. The summed E-state index contributed by atoms with van der Waals surface area (Å²) in [6.07, 6.45) is -1.43. The van der Waals surface area contributed by atoms with E-state index in [4.69, 9.17) is 9.84 Å². The van der Waals surface area contributed by atoms with Crippen LogP contribution in [0.5, 0.6) is 17.2 Å². The van der Waals surface area contributed by atoms with Crippen LogP contribution in [0.25, 0.3) is 0 Å². The van der Waals surface area contributed by atoms with E-state index in [9.17, 15) is 24.9 Å². The maximum atomic E-state index is 12.1. The molecule has 7 nitrogen and oxygen atoms in total. The highest BCUT2D eigenvalue weighted by atomic mass is 16.5. The van der Waals surface area contributed by atoms with Crippen molar-refractivity contribution in [2.75, 3.05) is 6.61 Å². The lowest BCUT2D eigenvalue weighted by atomic mass is 9.86. The molecule has 1 unspecified atom stereocenters. The van der Waals surface area contributed by atoms with Crippen LogP contribution in [0.15, 0.2) is 11.6 Å². The molecule has 0 radical (unpaired) electrons. The molecule has 0 spiro atoms. The van der Waals surface area contributed by atoms with Crippen molar-refractivity contribution in [2.45, 2.75) is 19.1 Å². The molecule has 0 saturated carbocycles. The van der Waals surface area contributed by atoms with Gasteiger partial charge in [-0.05, 0) is 13.0 Å². The van der Waals surface area contributed by atoms with Gasteiger partial charge in [0.15, 0.2) is 29.2 Å².